The first-order valence-corrected chi connectivity index (χ1v) is 6.66. The summed E-state index contributed by atoms with van der Waals surface area (Å²) in [7, 11) is 0. The normalized spacial score (nSPS) is 12.6. The Bertz CT molecular complexity index is 539. The van der Waals surface area contributed by atoms with Crippen LogP contribution in [0.3, 0.4) is 0 Å². The van der Waals surface area contributed by atoms with Gasteiger partial charge in [-0.15, -0.1) is 0 Å². The predicted octanol–water partition coefficient (Wildman–Crippen LogP) is 2.57. The lowest BCUT2D eigenvalue weighted by molar-refractivity contribution is -0.139. The van der Waals surface area contributed by atoms with Gasteiger partial charge in [-0.05, 0) is 32.4 Å². The molecular weight excluding hydrogens is 298 g/mol. The highest BCUT2D eigenvalue weighted by Crippen LogP contribution is 2.27. The summed E-state index contributed by atoms with van der Waals surface area (Å²) in [6, 6.07) is 3.31. The number of phenolic OH excluding ortho intramolecular Hbond substituents is 1. The first-order chi connectivity index (χ1) is 9.60. The molecule has 3 N–H and O–H groups in total. The molecule has 1 atom stereocenters. The number of carboxylic acids is 1. The minimum Gasteiger partial charge on any atom is -0.506 e. The van der Waals surface area contributed by atoms with Gasteiger partial charge in [-0.3, -0.25) is 0 Å². The Morgan fingerprint density at radius 1 is 1.38 bits per heavy atom. The Morgan fingerprint density at radius 2 is 2.00 bits per heavy atom. The van der Waals surface area contributed by atoms with Crippen molar-refractivity contribution in [1.82, 2.24) is 5.32 Å². The SMILES string of the molecule is CC(C)(C)OC(=O)NC(Cc1cccc(O)c1Cl)C(=O)O. The number of nitrogens with one attached hydrogen (secondary N) is 1. The molecule has 0 radical (unpaired) electrons. The molecule has 0 spiro atoms. The highest BCUT2D eigenvalue weighted by atomic mass is 35.5. The topological polar surface area (TPSA) is 95.9 Å². The second-order valence-electron chi connectivity index (χ2n) is 5.49. The highest BCUT2D eigenvalue weighted by molar-refractivity contribution is 6.32. The van der Waals surface area contributed by atoms with Crippen LogP contribution in [-0.2, 0) is 16.0 Å². The zero-order valence-corrected chi connectivity index (χ0v) is 12.8. The molecule has 0 aliphatic heterocycles. The number of halogens is 1. The highest BCUT2D eigenvalue weighted by Gasteiger charge is 2.25. The molecule has 1 unspecified atom stereocenters. The maximum absolute atomic E-state index is 11.6. The lowest BCUT2D eigenvalue weighted by atomic mass is 10.1. The van der Waals surface area contributed by atoms with Gasteiger partial charge < -0.3 is 20.3 Å². The number of hydrogen-bond donors (Lipinski definition) is 3. The lowest BCUT2D eigenvalue weighted by Crippen LogP contribution is -2.44. The summed E-state index contributed by atoms with van der Waals surface area (Å²) >= 11 is 5.90. The summed E-state index contributed by atoms with van der Waals surface area (Å²) in [4.78, 5) is 22.9. The first kappa shape index (κ1) is 17.1. The van der Waals surface area contributed by atoms with Gasteiger partial charge in [0.05, 0.1) is 5.02 Å². The Labute approximate surface area is 127 Å². The van der Waals surface area contributed by atoms with Crippen molar-refractivity contribution in [2.75, 3.05) is 0 Å². The number of carboxylic acid groups (broad SMARTS) is 1. The van der Waals surface area contributed by atoms with E-state index in [1.807, 2.05) is 0 Å². The molecule has 0 saturated carbocycles. The molecule has 1 aromatic rings. The van der Waals surface area contributed by atoms with Crippen molar-refractivity contribution in [3.05, 3.63) is 28.8 Å². The van der Waals surface area contributed by atoms with Crippen molar-refractivity contribution in [3.8, 4) is 5.75 Å². The molecule has 1 aromatic carbocycles. The number of aromatic hydroxyl groups is 1. The van der Waals surface area contributed by atoms with Crippen LogP contribution < -0.4 is 5.32 Å². The molecule has 0 saturated heterocycles. The van der Waals surface area contributed by atoms with Gasteiger partial charge in [0, 0.05) is 6.42 Å². The van der Waals surface area contributed by atoms with Crippen molar-refractivity contribution < 1.29 is 24.5 Å². The van der Waals surface area contributed by atoms with Crippen molar-refractivity contribution in [1.29, 1.82) is 0 Å². The molecule has 6 nitrogen and oxygen atoms in total. The van der Waals surface area contributed by atoms with E-state index in [-0.39, 0.29) is 17.2 Å². The fourth-order valence-electron chi connectivity index (χ4n) is 1.59. The van der Waals surface area contributed by atoms with E-state index >= 15 is 0 Å². The second kappa shape index (κ2) is 6.67. The molecule has 116 valence electrons. The maximum Gasteiger partial charge on any atom is 0.408 e. The number of carbonyl (C=O) groups is 2. The molecule has 0 fully saturated rings. The van der Waals surface area contributed by atoms with Gasteiger partial charge in [0.25, 0.3) is 0 Å². The number of benzene rings is 1. The summed E-state index contributed by atoms with van der Waals surface area (Å²) in [6.45, 7) is 5.03. The number of alkyl carbamates (subject to hydrolysis) is 1. The van der Waals surface area contributed by atoms with E-state index in [0.717, 1.165) is 0 Å². The minimum absolute atomic E-state index is 0.0646. The quantitative estimate of drug-likeness (QED) is 0.793. The molecule has 0 aromatic heterocycles. The molecule has 0 aliphatic carbocycles. The van der Waals surface area contributed by atoms with Crippen LogP contribution in [0.2, 0.25) is 5.02 Å². The molecule has 0 aliphatic rings. The summed E-state index contributed by atoms with van der Waals surface area (Å²) in [6.07, 6.45) is -0.895. The van der Waals surface area contributed by atoms with E-state index in [0.29, 0.717) is 5.56 Å². The minimum atomic E-state index is -1.22. The van der Waals surface area contributed by atoms with Crippen LogP contribution in [0.4, 0.5) is 4.79 Å². The number of phenols is 1. The number of carbonyl (C=O) groups excluding carboxylic acids is 1. The van der Waals surface area contributed by atoms with E-state index in [9.17, 15) is 14.7 Å². The molecule has 0 heterocycles. The molecule has 7 heteroatoms. The van der Waals surface area contributed by atoms with E-state index < -0.39 is 23.7 Å². The maximum atomic E-state index is 11.6. The standard InChI is InChI=1S/C14H18ClNO5/c1-14(2,3)21-13(20)16-9(12(18)19)7-8-5-4-6-10(17)11(8)15/h4-6,9,17H,7H2,1-3H3,(H,16,20)(H,18,19). The average molecular weight is 316 g/mol. The van der Waals surface area contributed by atoms with Crippen LogP contribution in [0.25, 0.3) is 0 Å². The number of ether oxygens (including phenoxy) is 1. The Kier molecular flexibility index (Phi) is 5.43. The van der Waals surface area contributed by atoms with Gasteiger partial charge in [0.15, 0.2) is 0 Å². The summed E-state index contributed by atoms with van der Waals surface area (Å²) in [5.41, 5.74) is -0.310. The molecule has 1 amide bonds. The van der Waals surface area contributed by atoms with Gasteiger partial charge >= 0.3 is 12.1 Å². The van der Waals surface area contributed by atoms with E-state index in [1.165, 1.54) is 6.07 Å². The molecule has 1 rings (SSSR count). The average Bonchev–Trinajstić information content (AvgIpc) is 2.31. The summed E-state index contributed by atoms with van der Waals surface area (Å²) in [5, 5.41) is 21.0. The van der Waals surface area contributed by atoms with Crippen molar-refractivity contribution in [2.24, 2.45) is 0 Å². The Balaban J connectivity index is 2.82. The molecule has 21 heavy (non-hydrogen) atoms. The van der Waals surface area contributed by atoms with Crippen LogP contribution in [0.15, 0.2) is 18.2 Å². The fraction of sp³-hybridized carbons (Fsp3) is 0.429. The zero-order chi connectivity index (χ0) is 16.2. The van der Waals surface area contributed by atoms with Crippen LogP contribution in [0.1, 0.15) is 26.3 Å². The monoisotopic (exact) mass is 315 g/mol. The molecular formula is C14H18ClNO5. The smallest absolute Gasteiger partial charge is 0.408 e. The number of aliphatic carboxylic acids is 1. The molecule has 0 bridgehead atoms. The zero-order valence-electron chi connectivity index (χ0n) is 12.0. The van der Waals surface area contributed by atoms with Crippen LogP contribution in [0.5, 0.6) is 5.75 Å². The third-order valence-corrected chi connectivity index (χ3v) is 2.91. The van der Waals surface area contributed by atoms with Crippen LogP contribution in [0, 0.1) is 0 Å². The number of amides is 1. The van der Waals surface area contributed by atoms with Crippen molar-refractivity contribution in [3.63, 3.8) is 0 Å². The lowest BCUT2D eigenvalue weighted by Gasteiger charge is -2.22. The van der Waals surface area contributed by atoms with Gasteiger partial charge in [0.2, 0.25) is 0 Å². The van der Waals surface area contributed by atoms with E-state index in [4.69, 9.17) is 21.4 Å². The number of rotatable bonds is 4. The third kappa shape index (κ3) is 5.51. The summed E-state index contributed by atoms with van der Waals surface area (Å²) < 4.78 is 5.01. The summed E-state index contributed by atoms with van der Waals surface area (Å²) in [5.74, 6) is -1.36. The van der Waals surface area contributed by atoms with E-state index in [2.05, 4.69) is 5.32 Å². The van der Waals surface area contributed by atoms with Gasteiger partial charge in [-0.1, -0.05) is 23.7 Å². The van der Waals surface area contributed by atoms with E-state index in [1.54, 1.807) is 32.9 Å². The predicted molar refractivity (Wildman–Crippen MR) is 77.6 cm³/mol. The largest absolute Gasteiger partial charge is 0.506 e. The fourth-order valence-corrected chi connectivity index (χ4v) is 1.80. The van der Waals surface area contributed by atoms with Gasteiger partial charge in [0.1, 0.15) is 17.4 Å². The van der Waals surface area contributed by atoms with Gasteiger partial charge in [-0.25, -0.2) is 9.59 Å². The Morgan fingerprint density at radius 3 is 2.52 bits per heavy atom. The number of hydrogen-bond acceptors (Lipinski definition) is 4. The van der Waals surface area contributed by atoms with Crippen LogP contribution >= 0.6 is 11.6 Å². The van der Waals surface area contributed by atoms with Crippen molar-refractivity contribution in [2.45, 2.75) is 38.8 Å². The first-order valence-electron chi connectivity index (χ1n) is 6.29. The van der Waals surface area contributed by atoms with Crippen LogP contribution in [-0.4, -0.2) is 33.9 Å². The Hall–Kier alpha value is -1.95. The second-order valence-corrected chi connectivity index (χ2v) is 5.87. The van der Waals surface area contributed by atoms with Crippen molar-refractivity contribution >= 4 is 23.7 Å². The van der Waals surface area contributed by atoms with Gasteiger partial charge in [-0.2, -0.15) is 0 Å². The third-order valence-electron chi connectivity index (χ3n) is 2.47.